The van der Waals surface area contributed by atoms with E-state index in [1.807, 2.05) is 30.3 Å². The third kappa shape index (κ3) is 4.78. The number of carbonyl (C=O) groups is 1. The highest BCUT2D eigenvalue weighted by atomic mass is 35.5. The van der Waals surface area contributed by atoms with Crippen molar-refractivity contribution in [1.29, 1.82) is 0 Å². The lowest BCUT2D eigenvalue weighted by molar-refractivity contribution is 0.0946. The third-order valence-electron chi connectivity index (χ3n) is 4.93. The monoisotopic (exact) mass is 402 g/mol. The van der Waals surface area contributed by atoms with Gasteiger partial charge in [-0.2, -0.15) is 0 Å². The summed E-state index contributed by atoms with van der Waals surface area (Å²) in [5.74, 6) is 0.650. The molecule has 1 saturated heterocycles. The molecule has 5 nitrogen and oxygen atoms in total. The van der Waals surface area contributed by atoms with Gasteiger partial charge < -0.3 is 19.7 Å². The molecule has 6 heteroatoms. The van der Waals surface area contributed by atoms with Gasteiger partial charge in [0.1, 0.15) is 5.75 Å². The second kappa shape index (κ2) is 9.30. The molecule has 1 fully saturated rings. The Morgan fingerprint density at radius 1 is 1.21 bits per heavy atom. The number of morpholine rings is 1. The molecule has 1 N–H and O–H groups in total. The molecule has 150 valence electrons. The van der Waals surface area contributed by atoms with E-state index in [2.05, 4.69) is 30.1 Å². The Morgan fingerprint density at radius 2 is 1.89 bits per heavy atom. The first-order valence-electron chi connectivity index (χ1n) is 9.57. The molecule has 0 spiro atoms. The molecule has 1 amide bonds. The molecule has 1 aliphatic heterocycles. The number of amides is 1. The Bertz CT molecular complexity index is 815. The summed E-state index contributed by atoms with van der Waals surface area (Å²) in [6.45, 7) is 7.71. The van der Waals surface area contributed by atoms with Gasteiger partial charge in [-0.15, -0.1) is 0 Å². The van der Waals surface area contributed by atoms with Crippen molar-refractivity contribution in [1.82, 2.24) is 5.32 Å². The molecule has 0 aliphatic carbocycles. The normalized spacial score (nSPS) is 14.2. The Balaban J connectivity index is 1.87. The van der Waals surface area contributed by atoms with Crippen molar-refractivity contribution >= 4 is 23.2 Å². The van der Waals surface area contributed by atoms with Gasteiger partial charge >= 0.3 is 0 Å². The predicted molar refractivity (Wildman–Crippen MR) is 113 cm³/mol. The van der Waals surface area contributed by atoms with Crippen molar-refractivity contribution < 1.29 is 14.3 Å². The van der Waals surface area contributed by atoms with E-state index < -0.39 is 0 Å². The summed E-state index contributed by atoms with van der Waals surface area (Å²) in [5, 5.41) is 3.69. The summed E-state index contributed by atoms with van der Waals surface area (Å²) in [5.41, 5.74) is 3.64. The minimum absolute atomic E-state index is 0.135. The molecule has 1 heterocycles. The number of hydrogen-bond acceptors (Lipinski definition) is 4. The summed E-state index contributed by atoms with van der Waals surface area (Å²) in [6, 6.07) is 11.5. The molecule has 3 rings (SSSR count). The fraction of sp³-hybridized carbons (Fsp3) is 0.409. The second-order valence-corrected chi connectivity index (χ2v) is 7.61. The molecule has 0 saturated carbocycles. The van der Waals surface area contributed by atoms with Gasteiger partial charge in [0, 0.05) is 36.4 Å². The van der Waals surface area contributed by atoms with E-state index in [1.54, 1.807) is 7.11 Å². The second-order valence-electron chi connectivity index (χ2n) is 7.18. The number of anilines is 1. The minimum atomic E-state index is -0.135. The van der Waals surface area contributed by atoms with Crippen LogP contribution in [0.25, 0.3) is 0 Å². The maximum Gasteiger partial charge on any atom is 0.255 e. The van der Waals surface area contributed by atoms with Gasteiger partial charge in [0.25, 0.3) is 5.91 Å². The van der Waals surface area contributed by atoms with Gasteiger partial charge in [0.15, 0.2) is 0 Å². The molecule has 1 aliphatic rings. The van der Waals surface area contributed by atoms with E-state index in [0.29, 0.717) is 36.1 Å². The van der Waals surface area contributed by atoms with Crippen LogP contribution in [0.3, 0.4) is 0 Å². The van der Waals surface area contributed by atoms with Gasteiger partial charge in [-0.05, 0) is 35.2 Å². The number of halogens is 1. The quantitative estimate of drug-likeness (QED) is 0.785. The van der Waals surface area contributed by atoms with Crippen LogP contribution in [0.5, 0.6) is 5.75 Å². The molecule has 0 bridgehead atoms. The highest BCUT2D eigenvalue weighted by Crippen LogP contribution is 2.34. The van der Waals surface area contributed by atoms with E-state index in [9.17, 15) is 4.79 Å². The molecular formula is C22H27ClN2O3. The van der Waals surface area contributed by atoms with Crippen LogP contribution in [0.15, 0.2) is 36.4 Å². The zero-order valence-corrected chi connectivity index (χ0v) is 17.4. The van der Waals surface area contributed by atoms with E-state index in [0.717, 1.165) is 29.9 Å². The number of nitrogens with zero attached hydrogens (tertiary/aromatic N) is 1. The number of hydrogen-bond donors (Lipinski definition) is 1. The van der Waals surface area contributed by atoms with Crippen molar-refractivity contribution in [2.24, 2.45) is 0 Å². The number of carbonyl (C=O) groups excluding carboxylic acids is 1. The highest BCUT2D eigenvalue weighted by molar-refractivity contribution is 6.30. The van der Waals surface area contributed by atoms with Gasteiger partial charge in [-0.1, -0.05) is 37.6 Å². The van der Waals surface area contributed by atoms with Crippen molar-refractivity contribution in [3.63, 3.8) is 0 Å². The summed E-state index contributed by atoms with van der Waals surface area (Å²) in [7, 11) is 1.61. The van der Waals surface area contributed by atoms with Crippen LogP contribution in [-0.2, 0) is 11.3 Å². The molecule has 0 radical (unpaired) electrons. The lowest BCUT2D eigenvalue weighted by Gasteiger charge is -2.30. The number of methoxy groups -OCH3 is 1. The standard InChI is InChI=1S/C22H27ClN2O3/c1-15(2)19-12-18(25-8-10-28-11-9-25)13-20(27-3)21(19)22(26)24-14-16-4-6-17(23)7-5-16/h4-7,12-13,15H,8-11,14H2,1-3H3,(H,24,26). The van der Waals surface area contributed by atoms with Crippen molar-refractivity contribution in [3.05, 3.63) is 58.1 Å². The largest absolute Gasteiger partial charge is 0.496 e. The number of benzene rings is 2. The Kier molecular flexibility index (Phi) is 6.81. The van der Waals surface area contributed by atoms with E-state index in [1.165, 1.54) is 0 Å². The fourth-order valence-electron chi connectivity index (χ4n) is 3.36. The SMILES string of the molecule is COc1cc(N2CCOCC2)cc(C(C)C)c1C(=O)NCc1ccc(Cl)cc1. The minimum Gasteiger partial charge on any atom is -0.496 e. The number of rotatable bonds is 6. The molecule has 2 aromatic rings. The van der Waals surface area contributed by atoms with Gasteiger partial charge in [-0.3, -0.25) is 4.79 Å². The van der Waals surface area contributed by atoms with Crippen molar-refractivity contribution in [3.8, 4) is 5.75 Å². The zero-order chi connectivity index (χ0) is 20.1. The maximum absolute atomic E-state index is 13.0. The van der Waals surface area contributed by atoms with Crippen LogP contribution < -0.4 is 15.0 Å². The van der Waals surface area contributed by atoms with Crippen LogP contribution in [-0.4, -0.2) is 39.3 Å². The van der Waals surface area contributed by atoms with E-state index in [-0.39, 0.29) is 11.8 Å². The average molecular weight is 403 g/mol. The molecule has 0 aromatic heterocycles. The third-order valence-corrected chi connectivity index (χ3v) is 5.18. The van der Waals surface area contributed by atoms with Gasteiger partial charge in [-0.25, -0.2) is 0 Å². The summed E-state index contributed by atoms with van der Waals surface area (Å²) >= 11 is 5.93. The first kappa shape index (κ1) is 20.5. The lowest BCUT2D eigenvalue weighted by Crippen LogP contribution is -2.36. The number of nitrogens with one attached hydrogen (secondary N) is 1. The topological polar surface area (TPSA) is 50.8 Å². The van der Waals surface area contributed by atoms with Crippen molar-refractivity contribution in [2.45, 2.75) is 26.3 Å². The lowest BCUT2D eigenvalue weighted by atomic mass is 9.94. The first-order chi connectivity index (χ1) is 13.5. The smallest absolute Gasteiger partial charge is 0.255 e. The summed E-state index contributed by atoms with van der Waals surface area (Å²) in [4.78, 5) is 15.3. The highest BCUT2D eigenvalue weighted by Gasteiger charge is 2.23. The molecular weight excluding hydrogens is 376 g/mol. The van der Waals surface area contributed by atoms with Gasteiger partial charge in [0.2, 0.25) is 0 Å². The van der Waals surface area contributed by atoms with Crippen LogP contribution in [0.1, 0.15) is 41.3 Å². The van der Waals surface area contributed by atoms with Crippen LogP contribution >= 0.6 is 11.6 Å². The van der Waals surface area contributed by atoms with Gasteiger partial charge in [0.05, 0.1) is 25.9 Å². The van der Waals surface area contributed by atoms with Crippen LogP contribution in [0.2, 0.25) is 5.02 Å². The predicted octanol–water partition coefficient (Wildman–Crippen LogP) is 4.24. The van der Waals surface area contributed by atoms with Crippen LogP contribution in [0.4, 0.5) is 5.69 Å². The van der Waals surface area contributed by atoms with E-state index >= 15 is 0 Å². The number of ether oxygens (including phenoxy) is 2. The Labute approximate surface area is 171 Å². The zero-order valence-electron chi connectivity index (χ0n) is 16.6. The average Bonchev–Trinajstić information content (AvgIpc) is 2.72. The fourth-order valence-corrected chi connectivity index (χ4v) is 3.48. The molecule has 0 atom stereocenters. The summed E-state index contributed by atoms with van der Waals surface area (Å²) < 4.78 is 11.1. The van der Waals surface area contributed by atoms with Crippen LogP contribution in [0, 0.1) is 0 Å². The maximum atomic E-state index is 13.0. The molecule has 28 heavy (non-hydrogen) atoms. The Hall–Kier alpha value is -2.24. The first-order valence-corrected chi connectivity index (χ1v) is 9.94. The van der Waals surface area contributed by atoms with E-state index in [4.69, 9.17) is 21.1 Å². The molecule has 0 unspecified atom stereocenters. The summed E-state index contributed by atoms with van der Waals surface area (Å²) in [6.07, 6.45) is 0. The Morgan fingerprint density at radius 3 is 2.50 bits per heavy atom. The van der Waals surface area contributed by atoms with Crippen molar-refractivity contribution in [2.75, 3.05) is 38.3 Å². The molecule has 2 aromatic carbocycles.